The number of carbonyl (C=O) groups is 1. The average molecular weight is 475 g/mol. The van der Waals surface area contributed by atoms with Crippen LogP contribution in [0.25, 0.3) is 10.9 Å². The molecule has 1 aliphatic rings. The molecule has 3 aromatic rings. The van der Waals surface area contributed by atoms with Crippen molar-refractivity contribution in [1.82, 2.24) is 14.5 Å². The normalized spacial score (nSPS) is 15.4. The van der Waals surface area contributed by atoms with Gasteiger partial charge in [0.25, 0.3) is 5.56 Å². The number of carboxylic acids is 1. The van der Waals surface area contributed by atoms with E-state index >= 15 is 0 Å². The Morgan fingerprint density at radius 2 is 1.91 bits per heavy atom. The van der Waals surface area contributed by atoms with Crippen LogP contribution >= 0.6 is 0 Å². The summed E-state index contributed by atoms with van der Waals surface area (Å²) in [5.41, 5.74) is -1.37. The van der Waals surface area contributed by atoms with Crippen LogP contribution in [0.5, 0.6) is 0 Å². The highest BCUT2D eigenvalue weighted by Crippen LogP contribution is 2.35. The number of piperidine rings is 1. The van der Waals surface area contributed by atoms with Crippen molar-refractivity contribution in [2.75, 3.05) is 23.3 Å². The molecule has 1 fully saturated rings. The minimum atomic E-state index is -4.68. The van der Waals surface area contributed by atoms with Crippen molar-refractivity contribution in [3.05, 3.63) is 57.6 Å². The number of anilines is 2. The second kappa shape index (κ2) is 8.96. The van der Waals surface area contributed by atoms with Gasteiger partial charge in [-0.15, -0.1) is 0 Å². The van der Waals surface area contributed by atoms with Gasteiger partial charge in [-0.25, -0.2) is 14.8 Å². The Balaban J connectivity index is 1.90. The van der Waals surface area contributed by atoms with Gasteiger partial charge in [0, 0.05) is 31.9 Å². The lowest BCUT2D eigenvalue weighted by Crippen LogP contribution is -2.35. The van der Waals surface area contributed by atoms with E-state index in [0.717, 1.165) is 31.4 Å². The summed E-state index contributed by atoms with van der Waals surface area (Å²) in [4.78, 5) is 35.1. The number of aromatic nitrogens is 3. The zero-order valence-electron chi connectivity index (χ0n) is 18.7. The summed E-state index contributed by atoms with van der Waals surface area (Å²) < 4.78 is 42.4. The first-order chi connectivity index (χ1) is 16.1. The van der Waals surface area contributed by atoms with Gasteiger partial charge in [0.05, 0.1) is 28.2 Å². The number of rotatable bonds is 5. The van der Waals surface area contributed by atoms with E-state index in [1.165, 1.54) is 29.9 Å². The summed E-state index contributed by atoms with van der Waals surface area (Å²) in [7, 11) is 1.51. The molecule has 1 aliphatic heterocycles. The molecule has 0 amide bonds. The lowest BCUT2D eigenvalue weighted by atomic mass is 10.00. The van der Waals surface area contributed by atoms with Crippen LogP contribution in [0.15, 0.2) is 35.3 Å². The van der Waals surface area contributed by atoms with E-state index in [1.54, 1.807) is 6.92 Å². The Kier molecular flexibility index (Phi) is 6.20. The van der Waals surface area contributed by atoms with Gasteiger partial charge in [-0.1, -0.05) is 0 Å². The summed E-state index contributed by atoms with van der Waals surface area (Å²) in [5, 5.41) is 12.2. The topological polar surface area (TPSA) is 100 Å². The quantitative estimate of drug-likeness (QED) is 0.570. The fourth-order valence-corrected chi connectivity index (χ4v) is 4.26. The van der Waals surface area contributed by atoms with Crippen molar-refractivity contribution in [1.29, 1.82) is 0 Å². The molecule has 1 atom stereocenters. The van der Waals surface area contributed by atoms with Gasteiger partial charge in [0.1, 0.15) is 0 Å². The van der Waals surface area contributed by atoms with Crippen molar-refractivity contribution in [2.45, 2.75) is 38.4 Å². The van der Waals surface area contributed by atoms with E-state index < -0.39 is 29.3 Å². The first kappa shape index (κ1) is 23.5. The molecule has 34 heavy (non-hydrogen) atoms. The molecule has 2 N–H and O–H groups in total. The van der Waals surface area contributed by atoms with E-state index in [1.807, 2.05) is 4.90 Å². The first-order valence-corrected chi connectivity index (χ1v) is 10.9. The lowest BCUT2D eigenvalue weighted by Gasteiger charge is -2.29. The van der Waals surface area contributed by atoms with E-state index in [-0.39, 0.29) is 27.8 Å². The summed E-state index contributed by atoms with van der Waals surface area (Å²) in [6.45, 7) is 2.99. The number of fused-ring (bicyclic) bond motifs is 1. The van der Waals surface area contributed by atoms with Crippen molar-refractivity contribution in [2.24, 2.45) is 7.05 Å². The zero-order valence-corrected chi connectivity index (χ0v) is 18.7. The number of halogens is 3. The SMILES string of the molecule is C[C@@H](Nc1cccnc1C(=O)O)c1cc(C(F)(F)F)cc2c(=O)n(C)c(N3CCCCC3)nc12. The van der Waals surface area contributed by atoms with Crippen LogP contribution in [0.3, 0.4) is 0 Å². The van der Waals surface area contributed by atoms with Gasteiger partial charge < -0.3 is 15.3 Å². The fraction of sp³-hybridized carbons (Fsp3) is 0.391. The second-order valence-electron chi connectivity index (χ2n) is 8.35. The molecule has 11 heteroatoms. The molecule has 0 unspecified atom stereocenters. The van der Waals surface area contributed by atoms with Gasteiger partial charge in [0.2, 0.25) is 5.95 Å². The highest BCUT2D eigenvalue weighted by molar-refractivity contribution is 5.92. The van der Waals surface area contributed by atoms with Gasteiger partial charge in [-0.2, -0.15) is 13.2 Å². The van der Waals surface area contributed by atoms with E-state index in [2.05, 4.69) is 15.3 Å². The number of aromatic carboxylic acids is 1. The molecule has 3 heterocycles. The van der Waals surface area contributed by atoms with Crippen LogP contribution in [0.4, 0.5) is 24.8 Å². The van der Waals surface area contributed by atoms with Crippen LogP contribution in [-0.4, -0.2) is 38.7 Å². The molecule has 180 valence electrons. The molecule has 8 nitrogen and oxygen atoms in total. The minimum Gasteiger partial charge on any atom is -0.476 e. The maximum Gasteiger partial charge on any atom is 0.416 e. The summed E-state index contributed by atoms with van der Waals surface area (Å²) in [6.07, 6.45) is -0.430. The van der Waals surface area contributed by atoms with Crippen LogP contribution in [0, 0.1) is 0 Å². The summed E-state index contributed by atoms with van der Waals surface area (Å²) in [5.74, 6) is -0.874. The molecule has 1 saturated heterocycles. The van der Waals surface area contributed by atoms with Crippen LogP contribution in [-0.2, 0) is 13.2 Å². The highest BCUT2D eigenvalue weighted by Gasteiger charge is 2.33. The van der Waals surface area contributed by atoms with E-state index in [9.17, 15) is 27.9 Å². The smallest absolute Gasteiger partial charge is 0.416 e. The van der Waals surface area contributed by atoms with Crippen molar-refractivity contribution in [3.8, 4) is 0 Å². The lowest BCUT2D eigenvalue weighted by molar-refractivity contribution is -0.137. The van der Waals surface area contributed by atoms with Gasteiger partial charge in [-0.05, 0) is 50.5 Å². The summed E-state index contributed by atoms with van der Waals surface area (Å²) in [6, 6.07) is 3.99. The standard InChI is InChI=1S/C23H24F3N5O3/c1-13(28-17-7-6-8-27-19(17)21(33)34)15-11-14(23(24,25)26)12-16-18(15)29-22(30(2)20(16)32)31-9-4-3-5-10-31/h6-8,11-13,28H,3-5,9-10H2,1-2H3,(H,33,34)/t13-/m1/s1. The molecule has 0 radical (unpaired) electrons. The molecule has 4 rings (SSSR count). The average Bonchev–Trinajstić information content (AvgIpc) is 2.80. The molecular weight excluding hydrogens is 451 g/mol. The molecule has 1 aromatic carbocycles. The number of pyridine rings is 1. The molecule has 0 saturated carbocycles. The van der Waals surface area contributed by atoms with Gasteiger partial charge in [-0.3, -0.25) is 9.36 Å². The Labute approximate surface area is 193 Å². The van der Waals surface area contributed by atoms with Crippen molar-refractivity contribution in [3.63, 3.8) is 0 Å². The van der Waals surface area contributed by atoms with Crippen LogP contribution < -0.4 is 15.8 Å². The number of nitrogens with one attached hydrogen (secondary N) is 1. The molecular formula is C23H24F3N5O3. The number of benzene rings is 1. The number of hydrogen-bond donors (Lipinski definition) is 2. The predicted molar refractivity (Wildman–Crippen MR) is 121 cm³/mol. The Bertz CT molecular complexity index is 1300. The minimum absolute atomic E-state index is 0.140. The summed E-state index contributed by atoms with van der Waals surface area (Å²) >= 11 is 0. The van der Waals surface area contributed by atoms with Crippen molar-refractivity contribution >= 4 is 28.5 Å². The highest BCUT2D eigenvalue weighted by atomic mass is 19.4. The molecule has 0 bridgehead atoms. The third kappa shape index (κ3) is 4.42. The number of hydrogen-bond acceptors (Lipinski definition) is 6. The largest absolute Gasteiger partial charge is 0.476 e. The van der Waals surface area contributed by atoms with E-state index in [0.29, 0.717) is 19.0 Å². The number of nitrogens with zero attached hydrogens (tertiary/aromatic N) is 4. The fourth-order valence-electron chi connectivity index (χ4n) is 4.26. The number of alkyl halides is 3. The van der Waals surface area contributed by atoms with Crippen LogP contribution in [0.1, 0.15) is 53.8 Å². The molecule has 2 aromatic heterocycles. The van der Waals surface area contributed by atoms with Gasteiger partial charge >= 0.3 is 12.1 Å². The first-order valence-electron chi connectivity index (χ1n) is 10.9. The predicted octanol–water partition coefficient (Wildman–Crippen LogP) is 4.21. The second-order valence-corrected chi connectivity index (χ2v) is 8.35. The maximum absolute atomic E-state index is 13.7. The van der Waals surface area contributed by atoms with E-state index in [4.69, 9.17) is 0 Å². The zero-order chi connectivity index (χ0) is 24.6. The monoisotopic (exact) mass is 475 g/mol. The third-order valence-corrected chi connectivity index (χ3v) is 6.00. The van der Waals surface area contributed by atoms with Gasteiger partial charge in [0.15, 0.2) is 5.69 Å². The Morgan fingerprint density at radius 3 is 2.56 bits per heavy atom. The van der Waals surface area contributed by atoms with Crippen LogP contribution in [0.2, 0.25) is 0 Å². The Hall–Kier alpha value is -3.63. The maximum atomic E-state index is 13.7. The molecule has 0 spiro atoms. The third-order valence-electron chi connectivity index (χ3n) is 6.00. The van der Waals surface area contributed by atoms with Crippen molar-refractivity contribution < 1.29 is 23.1 Å². The Morgan fingerprint density at radius 1 is 1.21 bits per heavy atom. The number of carboxylic acid groups (broad SMARTS) is 1. The molecule has 0 aliphatic carbocycles.